The Morgan fingerprint density at radius 3 is 2.14 bits per heavy atom. The van der Waals surface area contributed by atoms with Crippen molar-refractivity contribution in [3.8, 4) is 0 Å². The van der Waals surface area contributed by atoms with E-state index >= 15 is 0 Å². The number of hydrogen-bond donors (Lipinski definition) is 3. The molecule has 3 fully saturated rings. The maximum atomic E-state index is 12.5. The van der Waals surface area contributed by atoms with Crippen LogP contribution >= 0.6 is 12.4 Å². The van der Waals surface area contributed by atoms with Gasteiger partial charge in [-0.25, -0.2) is 0 Å². The van der Waals surface area contributed by atoms with Crippen molar-refractivity contribution < 1.29 is 9.59 Å². The molecule has 5 nitrogen and oxygen atoms in total. The highest BCUT2D eigenvalue weighted by Gasteiger charge is 2.44. The van der Waals surface area contributed by atoms with Gasteiger partial charge >= 0.3 is 0 Å². The molecule has 0 aromatic heterocycles. The van der Waals surface area contributed by atoms with Crippen molar-refractivity contribution in [2.75, 3.05) is 13.1 Å². The van der Waals surface area contributed by atoms with Crippen molar-refractivity contribution in [1.82, 2.24) is 16.0 Å². The summed E-state index contributed by atoms with van der Waals surface area (Å²) in [4.78, 5) is 24.7. The lowest BCUT2D eigenvalue weighted by Crippen LogP contribution is -2.51. The Hall–Kier alpha value is -0.810. The van der Waals surface area contributed by atoms with E-state index in [1.54, 1.807) is 0 Å². The molecule has 0 bridgehead atoms. The van der Waals surface area contributed by atoms with Crippen LogP contribution in [0.2, 0.25) is 0 Å². The largest absolute Gasteiger partial charge is 0.353 e. The summed E-state index contributed by atoms with van der Waals surface area (Å²) in [5, 5.41) is 9.43. The number of amides is 2. The second-order valence-electron chi connectivity index (χ2n) is 6.68. The first kappa shape index (κ1) is 16.6. The highest BCUT2D eigenvalue weighted by Crippen LogP contribution is 2.32. The molecule has 21 heavy (non-hydrogen) atoms. The first-order valence-corrected chi connectivity index (χ1v) is 7.99. The summed E-state index contributed by atoms with van der Waals surface area (Å²) < 4.78 is 0. The minimum absolute atomic E-state index is 0. The van der Waals surface area contributed by atoms with E-state index in [1.165, 1.54) is 12.8 Å². The monoisotopic (exact) mass is 315 g/mol. The van der Waals surface area contributed by atoms with Gasteiger partial charge in [0.25, 0.3) is 0 Å². The molecule has 0 spiro atoms. The predicted molar refractivity (Wildman–Crippen MR) is 83.3 cm³/mol. The molecule has 120 valence electrons. The van der Waals surface area contributed by atoms with E-state index in [4.69, 9.17) is 0 Å². The van der Waals surface area contributed by atoms with Crippen LogP contribution in [0.4, 0.5) is 0 Å². The van der Waals surface area contributed by atoms with Crippen molar-refractivity contribution in [1.29, 1.82) is 0 Å². The van der Waals surface area contributed by atoms with Gasteiger partial charge in [-0.3, -0.25) is 9.59 Å². The van der Waals surface area contributed by atoms with Crippen LogP contribution in [0.5, 0.6) is 0 Å². The van der Waals surface area contributed by atoms with Gasteiger partial charge in [-0.05, 0) is 51.5 Å². The predicted octanol–water partition coefficient (Wildman–Crippen LogP) is 1.12. The van der Waals surface area contributed by atoms with E-state index in [1.807, 2.05) is 0 Å². The summed E-state index contributed by atoms with van der Waals surface area (Å²) >= 11 is 0. The number of carbonyl (C=O) groups excluding carboxylic acids is 2. The zero-order valence-corrected chi connectivity index (χ0v) is 13.3. The molecular weight excluding hydrogens is 290 g/mol. The fourth-order valence-corrected chi connectivity index (χ4v) is 3.20. The normalized spacial score (nSPS) is 29.0. The molecule has 0 aromatic rings. The summed E-state index contributed by atoms with van der Waals surface area (Å²) in [7, 11) is 0. The lowest BCUT2D eigenvalue weighted by atomic mass is 9.80. The molecule has 2 saturated carbocycles. The molecule has 3 aliphatic rings. The Bertz CT molecular complexity index is 388. The van der Waals surface area contributed by atoms with Crippen LogP contribution in [0.1, 0.15) is 51.4 Å². The van der Waals surface area contributed by atoms with E-state index in [2.05, 4.69) is 16.0 Å². The van der Waals surface area contributed by atoms with Gasteiger partial charge < -0.3 is 16.0 Å². The molecule has 1 aliphatic heterocycles. The molecule has 2 amide bonds. The first-order chi connectivity index (χ1) is 9.68. The van der Waals surface area contributed by atoms with Crippen LogP contribution in [0.15, 0.2) is 0 Å². The number of rotatable bonds is 5. The third-order valence-corrected chi connectivity index (χ3v) is 5.14. The van der Waals surface area contributed by atoms with Crippen molar-refractivity contribution in [3.05, 3.63) is 0 Å². The first-order valence-electron chi connectivity index (χ1n) is 7.99. The summed E-state index contributed by atoms with van der Waals surface area (Å²) in [5.41, 5.74) is -0.524. The molecule has 1 saturated heterocycles. The highest BCUT2D eigenvalue weighted by molar-refractivity contribution is 5.89. The minimum Gasteiger partial charge on any atom is -0.353 e. The van der Waals surface area contributed by atoms with E-state index in [-0.39, 0.29) is 24.2 Å². The molecule has 6 heteroatoms. The van der Waals surface area contributed by atoms with E-state index in [0.717, 1.165) is 38.6 Å². The van der Waals surface area contributed by atoms with E-state index in [9.17, 15) is 9.59 Å². The smallest absolute Gasteiger partial charge is 0.228 e. The molecule has 0 aromatic carbocycles. The molecule has 2 aliphatic carbocycles. The number of hydrogen-bond acceptors (Lipinski definition) is 3. The summed E-state index contributed by atoms with van der Waals surface area (Å²) in [6.07, 6.45) is 7.86. The van der Waals surface area contributed by atoms with Gasteiger partial charge in [-0.1, -0.05) is 0 Å². The highest BCUT2D eigenvalue weighted by atomic mass is 35.5. The summed E-state index contributed by atoms with van der Waals surface area (Å²) in [6.45, 7) is 1.46. The molecular formula is C15H26ClN3O2. The van der Waals surface area contributed by atoms with Crippen LogP contribution in [0, 0.1) is 5.41 Å². The van der Waals surface area contributed by atoms with Gasteiger partial charge in [0.2, 0.25) is 11.8 Å². The van der Waals surface area contributed by atoms with Crippen molar-refractivity contribution in [3.63, 3.8) is 0 Å². The lowest BCUT2D eigenvalue weighted by Gasteiger charge is -2.34. The standard InChI is InChI=1S/C15H25N3O2.ClH/c19-13(17-11-3-1-4-11)9-15(7-8-16-10-15)14(20)18-12-5-2-6-12;/h11-12,16H,1-10H2,(H,17,19)(H,18,20);1H. The van der Waals surface area contributed by atoms with Crippen LogP contribution in [-0.4, -0.2) is 37.0 Å². The molecule has 3 rings (SSSR count). The van der Waals surface area contributed by atoms with Crippen LogP contribution in [-0.2, 0) is 9.59 Å². The summed E-state index contributed by atoms with van der Waals surface area (Å²) in [5.74, 6) is 0.123. The molecule has 1 atom stereocenters. The van der Waals surface area contributed by atoms with Crippen LogP contribution < -0.4 is 16.0 Å². The van der Waals surface area contributed by atoms with Gasteiger partial charge in [0, 0.05) is 25.0 Å². The number of carbonyl (C=O) groups is 2. The quantitative estimate of drug-likeness (QED) is 0.712. The fraction of sp³-hybridized carbons (Fsp3) is 0.867. The van der Waals surface area contributed by atoms with Gasteiger partial charge in [0.15, 0.2) is 0 Å². The lowest BCUT2D eigenvalue weighted by molar-refractivity contribution is -0.137. The van der Waals surface area contributed by atoms with Crippen LogP contribution in [0.25, 0.3) is 0 Å². The average molecular weight is 316 g/mol. The van der Waals surface area contributed by atoms with Crippen molar-refractivity contribution >= 4 is 24.2 Å². The third kappa shape index (κ3) is 3.69. The Morgan fingerprint density at radius 1 is 1.05 bits per heavy atom. The topological polar surface area (TPSA) is 70.2 Å². The van der Waals surface area contributed by atoms with Crippen LogP contribution in [0.3, 0.4) is 0 Å². The fourth-order valence-electron chi connectivity index (χ4n) is 3.20. The number of nitrogens with one attached hydrogen (secondary N) is 3. The Kier molecular flexibility index (Phi) is 5.49. The van der Waals surface area contributed by atoms with Gasteiger partial charge in [-0.15, -0.1) is 12.4 Å². The summed E-state index contributed by atoms with van der Waals surface area (Å²) in [6, 6.07) is 0.693. The van der Waals surface area contributed by atoms with Gasteiger partial charge in [-0.2, -0.15) is 0 Å². The van der Waals surface area contributed by atoms with Gasteiger partial charge in [0.05, 0.1) is 5.41 Å². The maximum Gasteiger partial charge on any atom is 0.228 e. The second kappa shape index (κ2) is 6.97. The Labute approximate surface area is 132 Å². The molecule has 3 N–H and O–H groups in total. The minimum atomic E-state index is -0.524. The third-order valence-electron chi connectivity index (χ3n) is 5.14. The van der Waals surface area contributed by atoms with Crippen molar-refractivity contribution in [2.24, 2.45) is 5.41 Å². The SMILES string of the molecule is Cl.O=C(CC1(C(=O)NC2CCC2)CCNC1)NC1CCC1. The zero-order valence-electron chi connectivity index (χ0n) is 12.5. The Morgan fingerprint density at radius 2 is 1.67 bits per heavy atom. The zero-order chi connectivity index (χ0) is 14.0. The Balaban J connectivity index is 0.00000161. The van der Waals surface area contributed by atoms with Crippen molar-refractivity contribution in [2.45, 2.75) is 63.5 Å². The maximum absolute atomic E-state index is 12.5. The molecule has 0 radical (unpaired) electrons. The van der Waals surface area contributed by atoms with E-state index in [0.29, 0.717) is 25.0 Å². The van der Waals surface area contributed by atoms with Gasteiger partial charge in [0.1, 0.15) is 0 Å². The van der Waals surface area contributed by atoms with E-state index < -0.39 is 5.41 Å². The number of halogens is 1. The molecule has 1 heterocycles. The molecule has 1 unspecified atom stereocenters. The second-order valence-corrected chi connectivity index (χ2v) is 6.68. The average Bonchev–Trinajstić information content (AvgIpc) is 2.78.